The average molecular weight is 272 g/mol. The molecule has 3 rings (SSSR count). The van der Waals surface area contributed by atoms with Gasteiger partial charge in [0, 0.05) is 12.8 Å². The van der Waals surface area contributed by atoms with Gasteiger partial charge in [0.05, 0.1) is 15.1 Å². The van der Waals surface area contributed by atoms with Crippen molar-refractivity contribution in [2.24, 2.45) is 5.41 Å². The van der Waals surface area contributed by atoms with Crippen molar-refractivity contribution in [1.29, 1.82) is 0 Å². The lowest BCUT2D eigenvalue weighted by Gasteiger charge is -2.51. The second-order valence-electron chi connectivity index (χ2n) is 5.92. The predicted molar refractivity (Wildman–Crippen MR) is 73.4 cm³/mol. The largest absolute Gasteiger partial charge is 0.389 e. The zero-order chi connectivity index (χ0) is 12.1. The van der Waals surface area contributed by atoms with Crippen LogP contribution in [0.5, 0.6) is 0 Å². The molecular formula is C13H20O2S2. The normalized spacial score (nSPS) is 44.9. The maximum absolute atomic E-state index is 12.0. The van der Waals surface area contributed by atoms with Crippen LogP contribution in [0.15, 0.2) is 0 Å². The summed E-state index contributed by atoms with van der Waals surface area (Å²) in [6.45, 7) is 1.99. The summed E-state index contributed by atoms with van der Waals surface area (Å²) < 4.78 is 0.205. The van der Waals surface area contributed by atoms with Crippen molar-refractivity contribution in [3.05, 3.63) is 0 Å². The fourth-order valence-corrected chi connectivity index (χ4v) is 7.14. The third-order valence-electron chi connectivity index (χ3n) is 4.99. The molecule has 1 N–H and O–H groups in total. The highest BCUT2D eigenvalue weighted by molar-refractivity contribution is 8.18. The number of carbonyl (C=O) groups is 1. The summed E-state index contributed by atoms with van der Waals surface area (Å²) in [6.07, 6.45) is 5.34. The number of rotatable bonds is 0. The quantitative estimate of drug-likeness (QED) is 0.736. The molecule has 0 aromatic carbocycles. The predicted octanol–water partition coefficient (Wildman–Crippen LogP) is 2.84. The first-order chi connectivity index (χ1) is 8.00. The van der Waals surface area contributed by atoms with Gasteiger partial charge >= 0.3 is 0 Å². The fourth-order valence-electron chi connectivity index (χ4n) is 3.62. The van der Waals surface area contributed by atoms with Crippen molar-refractivity contribution >= 4 is 29.3 Å². The number of hydrogen-bond acceptors (Lipinski definition) is 4. The molecule has 1 saturated heterocycles. The van der Waals surface area contributed by atoms with Crippen molar-refractivity contribution in [2.75, 3.05) is 11.5 Å². The highest BCUT2D eigenvalue weighted by Gasteiger charge is 2.62. The molecule has 2 saturated carbocycles. The number of Topliss-reactive ketones (excluding diaryl/α,β-unsaturated/α-hetero) is 1. The number of thioether (sulfide) groups is 2. The van der Waals surface area contributed by atoms with Crippen LogP contribution in [0, 0.1) is 5.41 Å². The lowest BCUT2D eigenvalue weighted by atomic mass is 9.65. The van der Waals surface area contributed by atoms with E-state index in [1.807, 2.05) is 30.4 Å². The highest BCUT2D eigenvalue weighted by Crippen LogP contribution is 2.62. The van der Waals surface area contributed by atoms with Gasteiger partial charge in [-0.25, -0.2) is 0 Å². The molecule has 17 heavy (non-hydrogen) atoms. The molecule has 96 valence electrons. The Hall–Kier alpha value is 0.330. The summed E-state index contributed by atoms with van der Waals surface area (Å²) in [7, 11) is 0. The van der Waals surface area contributed by atoms with E-state index in [1.165, 1.54) is 17.9 Å². The minimum absolute atomic E-state index is 0.205. The summed E-state index contributed by atoms with van der Waals surface area (Å²) in [5.41, 5.74) is -1.17. The van der Waals surface area contributed by atoms with E-state index in [2.05, 4.69) is 0 Å². The van der Waals surface area contributed by atoms with Crippen molar-refractivity contribution in [3.8, 4) is 0 Å². The Labute approximate surface area is 111 Å². The number of hydrogen-bond donors (Lipinski definition) is 1. The van der Waals surface area contributed by atoms with E-state index in [0.29, 0.717) is 18.6 Å². The Morgan fingerprint density at radius 3 is 2.59 bits per heavy atom. The van der Waals surface area contributed by atoms with Crippen LogP contribution in [-0.4, -0.2) is 32.1 Å². The molecule has 1 spiro atoms. The van der Waals surface area contributed by atoms with E-state index in [1.54, 1.807) is 0 Å². The van der Waals surface area contributed by atoms with Crippen LogP contribution < -0.4 is 0 Å². The van der Waals surface area contributed by atoms with Gasteiger partial charge in [0.1, 0.15) is 5.78 Å². The SMILES string of the molecule is C[C@]12CCC3(C[C@@]1(O)CCC2=O)SCCCS3. The van der Waals surface area contributed by atoms with E-state index in [9.17, 15) is 9.90 Å². The van der Waals surface area contributed by atoms with Crippen molar-refractivity contribution in [2.45, 2.75) is 55.1 Å². The maximum atomic E-state index is 12.0. The average Bonchev–Trinajstić information content (AvgIpc) is 2.54. The van der Waals surface area contributed by atoms with Gasteiger partial charge in [-0.05, 0) is 44.1 Å². The van der Waals surface area contributed by atoms with Gasteiger partial charge in [-0.1, -0.05) is 0 Å². The third-order valence-corrected chi connectivity index (χ3v) is 8.44. The molecule has 0 bridgehead atoms. The van der Waals surface area contributed by atoms with Gasteiger partial charge < -0.3 is 5.11 Å². The smallest absolute Gasteiger partial charge is 0.141 e. The van der Waals surface area contributed by atoms with E-state index >= 15 is 0 Å². The second kappa shape index (κ2) is 3.91. The van der Waals surface area contributed by atoms with E-state index in [0.717, 1.165) is 19.3 Å². The molecule has 3 fully saturated rings. The van der Waals surface area contributed by atoms with Crippen LogP contribution in [0.25, 0.3) is 0 Å². The van der Waals surface area contributed by atoms with Crippen molar-refractivity contribution in [3.63, 3.8) is 0 Å². The lowest BCUT2D eigenvalue weighted by Crippen LogP contribution is -2.54. The Bertz CT molecular complexity index is 351. The first kappa shape index (κ1) is 12.4. The molecule has 0 amide bonds. The molecule has 2 atom stereocenters. The van der Waals surface area contributed by atoms with Crippen LogP contribution in [0.1, 0.15) is 45.4 Å². The van der Waals surface area contributed by atoms with Gasteiger partial charge in [0.25, 0.3) is 0 Å². The Morgan fingerprint density at radius 2 is 1.88 bits per heavy atom. The monoisotopic (exact) mass is 272 g/mol. The number of fused-ring (bicyclic) bond motifs is 1. The number of aliphatic hydroxyl groups is 1. The zero-order valence-electron chi connectivity index (χ0n) is 10.3. The van der Waals surface area contributed by atoms with Gasteiger partial charge in [-0.15, -0.1) is 23.5 Å². The Balaban J connectivity index is 1.88. The molecule has 4 heteroatoms. The number of carbonyl (C=O) groups excluding carboxylic acids is 1. The Kier molecular flexibility index (Phi) is 2.84. The molecule has 0 unspecified atom stereocenters. The minimum Gasteiger partial charge on any atom is -0.389 e. The zero-order valence-corrected chi connectivity index (χ0v) is 12.0. The van der Waals surface area contributed by atoms with Gasteiger partial charge in [0.2, 0.25) is 0 Å². The van der Waals surface area contributed by atoms with Crippen LogP contribution in [0.4, 0.5) is 0 Å². The van der Waals surface area contributed by atoms with Crippen LogP contribution in [-0.2, 0) is 4.79 Å². The molecule has 2 aliphatic carbocycles. The molecule has 1 aliphatic heterocycles. The first-order valence-electron chi connectivity index (χ1n) is 6.53. The van der Waals surface area contributed by atoms with Crippen molar-refractivity contribution in [1.82, 2.24) is 0 Å². The first-order valence-corrected chi connectivity index (χ1v) is 8.51. The Morgan fingerprint density at radius 1 is 1.18 bits per heavy atom. The fraction of sp³-hybridized carbons (Fsp3) is 0.923. The number of ketones is 1. The molecule has 2 nitrogen and oxygen atoms in total. The van der Waals surface area contributed by atoms with E-state index < -0.39 is 11.0 Å². The molecule has 1 heterocycles. The second-order valence-corrected chi connectivity index (χ2v) is 9.14. The maximum Gasteiger partial charge on any atom is 0.141 e. The highest BCUT2D eigenvalue weighted by atomic mass is 32.2. The summed E-state index contributed by atoms with van der Waals surface area (Å²) in [5.74, 6) is 2.72. The summed E-state index contributed by atoms with van der Waals surface area (Å²) in [4.78, 5) is 12.0. The van der Waals surface area contributed by atoms with Gasteiger partial charge in [0.15, 0.2) is 0 Å². The van der Waals surface area contributed by atoms with Gasteiger partial charge in [-0.3, -0.25) is 4.79 Å². The molecule has 0 aromatic heterocycles. The van der Waals surface area contributed by atoms with Crippen LogP contribution in [0.2, 0.25) is 0 Å². The van der Waals surface area contributed by atoms with Crippen molar-refractivity contribution < 1.29 is 9.90 Å². The van der Waals surface area contributed by atoms with Gasteiger partial charge in [-0.2, -0.15) is 0 Å². The summed E-state index contributed by atoms with van der Waals surface area (Å²) in [6, 6.07) is 0. The standard InChI is InChI=1S/C13H20O2S2/c1-11-5-6-13(16-7-2-8-17-13)9-12(11,15)4-3-10(11)14/h15H,2-9H2,1H3/t11-,12+/m1/s1. The topological polar surface area (TPSA) is 37.3 Å². The molecule has 0 radical (unpaired) electrons. The lowest BCUT2D eigenvalue weighted by molar-refractivity contribution is -0.140. The van der Waals surface area contributed by atoms with Crippen LogP contribution >= 0.6 is 23.5 Å². The minimum atomic E-state index is -0.723. The summed E-state index contributed by atoms with van der Waals surface area (Å²) in [5, 5.41) is 10.9. The van der Waals surface area contributed by atoms with E-state index in [-0.39, 0.29) is 4.08 Å². The molecular weight excluding hydrogens is 252 g/mol. The molecule has 3 aliphatic rings. The third kappa shape index (κ3) is 1.71. The molecule has 0 aromatic rings. The van der Waals surface area contributed by atoms with Crippen LogP contribution in [0.3, 0.4) is 0 Å². The summed E-state index contributed by atoms with van der Waals surface area (Å²) >= 11 is 4.05. The van der Waals surface area contributed by atoms with E-state index in [4.69, 9.17) is 0 Å².